The Morgan fingerprint density at radius 2 is 2.24 bits per heavy atom. The number of terminal acetylenes is 1. The SMILES string of the molecule is C#CCC(C)NS(=O)(=O)c1ccc(N)c(Cl)c1. The molecular weight excluding hydrogens is 260 g/mol. The van der Waals surface area contributed by atoms with Crippen LogP contribution in [0.5, 0.6) is 0 Å². The highest BCUT2D eigenvalue weighted by molar-refractivity contribution is 7.89. The van der Waals surface area contributed by atoms with Gasteiger partial charge in [0.2, 0.25) is 10.0 Å². The normalized spacial score (nSPS) is 13.0. The molecule has 0 saturated carbocycles. The Labute approximate surface area is 106 Å². The molecule has 1 atom stereocenters. The van der Waals surface area contributed by atoms with E-state index in [2.05, 4.69) is 10.6 Å². The second kappa shape index (κ2) is 5.41. The van der Waals surface area contributed by atoms with Crippen molar-refractivity contribution in [2.75, 3.05) is 5.73 Å². The third kappa shape index (κ3) is 3.63. The van der Waals surface area contributed by atoms with E-state index in [1.807, 2.05) is 0 Å². The summed E-state index contributed by atoms with van der Waals surface area (Å²) in [5.41, 5.74) is 5.84. The molecule has 0 amide bonds. The zero-order valence-corrected chi connectivity index (χ0v) is 10.8. The molecule has 0 saturated heterocycles. The standard InChI is InChI=1S/C11H13ClN2O2S/c1-3-4-8(2)14-17(15,16)9-5-6-11(13)10(12)7-9/h1,5-8,14H,4,13H2,2H3. The van der Waals surface area contributed by atoms with Crippen molar-refractivity contribution in [3.63, 3.8) is 0 Å². The summed E-state index contributed by atoms with van der Waals surface area (Å²) in [4.78, 5) is 0.0700. The minimum absolute atomic E-state index is 0.0700. The minimum Gasteiger partial charge on any atom is -0.398 e. The van der Waals surface area contributed by atoms with Crippen LogP contribution in [0.2, 0.25) is 5.02 Å². The van der Waals surface area contributed by atoms with Crippen LogP contribution in [0.15, 0.2) is 23.1 Å². The van der Waals surface area contributed by atoms with E-state index in [1.165, 1.54) is 18.2 Å². The largest absolute Gasteiger partial charge is 0.398 e. The van der Waals surface area contributed by atoms with E-state index < -0.39 is 10.0 Å². The van der Waals surface area contributed by atoms with Crippen LogP contribution in [-0.4, -0.2) is 14.5 Å². The highest BCUT2D eigenvalue weighted by Gasteiger charge is 2.17. The number of nitrogens with two attached hydrogens (primary N) is 1. The van der Waals surface area contributed by atoms with Crippen LogP contribution in [0.1, 0.15) is 13.3 Å². The van der Waals surface area contributed by atoms with Gasteiger partial charge < -0.3 is 5.73 Å². The van der Waals surface area contributed by atoms with Gasteiger partial charge in [-0.2, -0.15) is 0 Å². The van der Waals surface area contributed by atoms with Crippen molar-refractivity contribution in [1.82, 2.24) is 4.72 Å². The van der Waals surface area contributed by atoms with E-state index >= 15 is 0 Å². The quantitative estimate of drug-likeness (QED) is 0.646. The molecule has 1 unspecified atom stereocenters. The first-order valence-corrected chi connectivity index (χ1v) is 6.73. The second-order valence-electron chi connectivity index (χ2n) is 3.61. The van der Waals surface area contributed by atoms with Crippen LogP contribution in [-0.2, 0) is 10.0 Å². The van der Waals surface area contributed by atoms with Gasteiger partial charge in [-0.15, -0.1) is 12.3 Å². The molecule has 6 heteroatoms. The molecular formula is C11H13ClN2O2S. The Balaban J connectivity index is 2.98. The molecule has 3 N–H and O–H groups in total. The molecule has 0 heterocycles. The number of nitrogens with one attached hydrogen (secondary N) is 1. The summed E-state index contributed by atoms with van der Waals surface area (Å²) < 4.78 is 26.3. The fourth-order valence-electron chi connectivity index (χ4n) is 1.23. The molecule has 0 spiro atoms. The molecule has 1 aromatic carbocycles. The Bertz CT molecular complexity index is 549. The lowest BCUT2D eigenvalue weighted by Gasteiger charge is -2.12. The first-order chi connectivity index (χ1) is 7.86. The van der Waals surface area contributed by atoms with Gasteiger partial charge in [0, 0.05) is 12.5 Å². The molecule has 17 heavy (non-hydrogen) atoms. The summed E-state index contributed by atoms with van der Waals surface area (Å²) in [6, 6.07) is 3.82. The maximum Gasteiger partial charge on any atom is 0.240 e. The number of nitrogen functional groups attached to an aromatic ring is 1. The number of anilines is 1. The van der Waals surface area contributed by atoms with Crippen LogP contribution in [0.25, 0.3) is 0 Å². The lowest BCUT2D eigenvalue weighted by Crippen LogP contribution is -2.32. The molecule has 0 aromatic heterocycles. The molecule has 1 rings (SSSR count). The van der Waals surface area contributed by atoms with Crippen LogP contribution < -0.4 is 10.5 Å². The highest BCUT2D eigenvalue weighted by atomic mass is 35.5. The fourth-order valence-corrected chi connectivity index (χ4v) is 2.74. The number of sulfonamides is 1. The third-order valence-electron chi connectivity index (χ3n) is 2.06. The van der Waals surface area contributed by atoms with E-state index in [0.29, 0.717) is 12.1 Å². The van der Waals surface area contributed by atoms with Gasteiger partial charge in [-0.05, 0) is 25.1 Å². The van der Waals surface area contributed by atoms with Crippen molar-refractivity contribution in [2.45, 2.75) is 24.3 Å². The van der Waals surface area contributed by atoms with E-state index in [9.17, 15) is 8.42 Å². The molecule has 92 valence electrons. The summed E-state index contributed by atoms with van der Waals surface area (Å²) in [7, 11) is -3.61. The van der Waals surface area contributed by atoms with E-state index in [4.69, 9.17) is 23.8 Å². The summed E-state index contributed by atoms with van der Waals surface area (Å²) in [6.07, 6.45) is 5.43. The maximum atomic E-state index is 11.9. The van der Waals surface area contributed by atoms with Crippen molar-refractivity contribution in [1.29, 1.82) is 0 Å². The first-order valence-electron chi connectivity index (χ1n) is 4.87. The number of hydrogen-bond acceptors (Lipinski definition) is 3. The van der Waals surface area contributed by atoms with Crippen LogP contribution in [0.3, 0.4) is 0 Å². The topological polar surface area (TPSA) is 72.2 Å². The van der Waals surface area contributed by atoms with Crippen LogP contribution in [0, 0.1) is 12.3 Å². The Kier molecular flexibility index (Phi) is 4.40. The van der Waals surface area contributed by atoms with Gasteiger partial charge in [0.15, 0.2) is 0 Å². The Hall–Kier alpha value is -1.22. The summed E-state index contributed by atoms with van der Waals surface area (Å²) in [5.74, 6) is 2.39. The van der Waals surface area contributed by atoms with Gasteiger partial charge in [-0.25, -0.2) is 13.1 Å². The minimum atomic E-state index is -3.61. The second-order valence-corrected chi connectivity index (χ2v) is 5.74. The average molecular weight is 273 g/mol. The number of benzene rings is 1. The molecule has 0 bridgehead atoms. The van der Waals surface area contributed by atoms with E-state index in [1.54, 1.807) is 6.92 Å². The van der Waals surface area contributed by atoms with Crippen molar-refractivity contribution < 1.29 is 8.42 Å². The van der Waals surface area contributed by atoms with Gasteiger partial charge in [-0.1, -0.05) is 11.6 Å². The average Bonchev–Trinajstić information content (AvgIpc) is 2.21. The van der Waals surface area contributed by atoms with Gasteiger partial charge in [-0.3, -0.25) is 0 Å². The monoisotopic (exact) mass is 272 g/mol. The van der Waals surface area contributed by atoms with Crippen molar-refractivity contribution in [3.8, 4) is 12.3 Å². The molecule has 1 aromatic rings. The van der Waals surface area contributed by atoms with Crippen LogP contribution >= 0.6 is 11.6 Å². The van der Waals surface area contributed by atoms with Gasteiger partial charge in [0.05, 0.1) is 15.6 Å². The fraction of sp³-hybridized carbons (Fsp3) is 0.273. The summed E-state index contributed by atoms with van der Waals surface area (Å²) >= 11 is 5.77. The van der Waals surface area contributed by atoms with Crippen LogP contribution in [0.4, 0.5) is 5.69 Å². The van der Waals surface area contributed by atoms with Crippen molar-refractivity contribution in [2.24, 2.45) is 0 Å². The zero-order chi connectivity index (χ0) is 13.1. The molecule has 0 fully saturated rings. The van der Waals surface area contributed by atoms with Crippen molar-refractivity contribution in [3.05, 3.63) is 23.2 Å². The molecule has 0 radical (unpaired) electrons. The molecule has 0 aliphatic heterocycles. The van der Waals surface area contributed by atoms with Gasteiger partial charge in [0.1, 0.15) is 0 Å². The number of rotatable bonds is 4. The Morgan fingerprint density at radius 1 is 1.59 bits per heavy atom. The lowest BCUT2D eigenvalue weighted by atomic mass is 10.3. The summed E-state index contributed by atoms with van der Waals surface area (Å²) in [5, 5.41) is 0.206. The third-order valence-corrected chi connectivity index (χ3v) is 3.98. The van der Waals surface area contributed by atoms with Gasteiger partial charge in [0.25, 0.3) is 0 Å². The molecule has 0 aliphatic carbocycles. The number of halogens is 1. The van der Waals surface area contributed by atoms with Crippen molar-refractivity contribution >= 4 is 27.3 Å². The predicted octanol–water partition coefficient (Wildman–Crippen LogP) is 1.61. The lowest BCUT2D eigenvalue weighted by molar-refractivity contribution is 0.563. The highest BCUT2D eigenvalue weighted by Crippen LogP contribution is 2.22. The summed E-state index contributed by atoms with van der Waals surface area (Å²) in [6.45, 7) is 1.69. The molecule has 0 aliphatic rings. The van der Waals surface area contributed by atoms with Gasteiger partial charge >= 0.3 is 0 Å². The predicted molar refractivity (Wildman–Crippen MR) is 69.1 cm³/mol. The smallest absolute Gasteiger partial charge is 0.240 e. The van der Waals surface area contributed by atoms with E-state index in [0.717, 1.165) is 0 Å². The maximum absolute atomic E-state index is 11.9. The van der Waals surface area contributed by atoms with E-state index in [-0.39, 0.29) is 16.0 Å². The molecule has 4 nitrogen and oxygen atoms in total. The first kappa shape index (κ1) is 13.8. The number of hydrogen-bond donors (Lipinski definition) is 2. The Morgan fingerprint density at radius 3 is 2.76 bits per heavy atom. The zero-order valence-electron chi connectivity index (χ0n) is 9.27.